The van der Waals surface area contributed by atoms with E-state index in [2.05, 4.69) is 15.0 Å². The number of aryl methyl sites for hydroxylation is 1. The Bertz CT molecular complexity index is 997. The van der Waals surface area contributed by atoms with E-state index in [1.807, 2.05) is 12.1 Å². The number of nitrogens with one attached hydrogen (secondary N) is 1. The van der Waals surface area contributed by atoms with Gasteiger partial charge in [0.05, 0.1) is 35.4 Å². The zero-order valence-corrected chi connectivity index (χ0v) is 15.5. The van der Waals surface area contributed by atoms with Crippen LogP contribution in [0.3, 0.4) is 0 Å². The highest BCUT2D eigenvalue weighted by Gasteiger charge is 2.16. The van der Waals surface area contributed by atoms with E-state index in [9.17, 15) is 9.59 Å². The van der Waals surface area contributed by atoms with E-state index in [0.717, 1.165) is 0 Å². The van der Waals surface area contributed by atoms with Crippen LogP contribution >= 0.6 is 11.6 Å². The van der Waals surface area contributed by atoms with Gasteiger partial charge in [-0.15, -0.1) is 0 Å². The highest BCUT2D eigenvalue weighted by molar-refractivity contribution is 6.33. The van der Waals surface area contributed by atoms with E-state index in [0.29, 0.717) is 39.2 Å². The lowest BCUT2D eigenvalue weighted by molar-refractivity contribution is -0.115. The maximum absolute atomic E-state index is 12.4. The van der Waals surface area contributed by atoms with Crippen LogP contribution in [0.5, 0.6) is 0 Å². The molecule has 2 aromatic carbocycles. The number of esters is 1. The Kier molecular flexibility index (Phi) is 5.57. The average Bonchev–Trinajstić information content (AvgIpc) is 3.01. The lowest BCUT2D eigenvalue weighted by Crippen LogP contribution is -2.15. The summed E-state index contributed by atoms with van der Waals surface area (Å²) in [5.74, 6) is 0.166. The van der Waals surface area contributed by atoms with E-state index in [4.69, 9.17) is 16.0 Å². The van der Waals surface area contributed by atoms with Gasteiger partial charge >= 0.3 is 5.97 Å². The van der Waals surface area contributed by atoms with Crippen LogP contribution in [0, 0.1) is 6.92 Å². The van der Waals surface area contributed by atoms with Crippen LogP contribution in [-0.2, 0) is 16.0 Å². The molecule has 0 fully saturated rings. The number of oxazole rings is 1. The number of hydrogen-bond acceptors (Lipinski definition) is 5. The van der Waals surface area contributed by atoms with Gasteiger partial charge in [0.1, 0.15) is 5.76 Å². The minimum atomic E-state index is -0.470. The van der Waals surface area contributed by atoms with Crippen LogP contribution in [-0.4, -0.2) is 24.0 Å². The average molecular weight is 385 g/mol. The fraction of sp³-hybridized carbons (Fsp3) is 0.150. The second kappa shape index (κ2) is 8.05. The molecule has 0 saturated heterocycles. The molecule has 27 heavy (non-hydrogen) atoms. The smallest absolute Gasteiger partial charge is 0.337 e. The summed E-state index contributed by atoms with van der Waals surface area (Å²) in [6.07, 6.45) is 0.0300. The number of methoxy groups -OCH3 is 1. The SMILES string of the molecule is COC(=O)c1cccc(NC(=O)Cc2nc(-c3ccccc3Cl)oc2C)c1. The topological polar surface area (TPSA) is 81.4 Å². The minimum absolute atomic E-state index is 0.0300. The third-order valence-corrected chi connectivity index (χ3v) is 4.22. The fourth-order valence-corrected chi connectivity index (χ4v) is 2.76. The molecule has 1 amide bonds. The third-order valence-electron chi connectivity index (χ3n) is 3.89. The van der Waals surface area contributed by atoms with Crippen molar-refractivity contribution in [1.82, 2.24) is 4.98 Å². The number of nitrogens with zero attached hydrogens (tertiary/aromatic N) is 1. The van der Waals surface area contributed by atoms with Crippen LogP contribution in [0.2, 0.25) is 5.02 Å². The van der Waals surface area contributed by atoms with Crippen LogP contribution in [0.4, 0.5) is 5.69 Å². The molecule has 0 spiro atoms. The molecule has 0 bridgehead atoms. The highest BCUT2D eigenvalue weighted by atomic mass is 35.5. The molecule has 0 unspecified atom stereocenters. The van der Waals surface area contributed by atoms with Gasteiger partial charge in [-0.3, -0.25) is 4.79 Å². The van der Waals surface area contributed by atoms with Gasteiger partial charge in [0.25, 0.3) is 0 Å². The number of halogens is 1. The predicted molar refractivity (Wildman–Crippen MR) is 102 cm³/mol. The molecule has 6 nitrogen and oxygen atoms in total. The van der Waals surface area contributed by atoms with Crippen molar-refractivity contribution in [3.63, 3.8) is 0 Å². The van der Waals surface area contributed by atoms with Crippen molar-refractivity contribution in [3.8, 4) is 11.5 Å². The number of ether oxygens (including phenoxy) is 1. The number of rotatable bonds is 5. The van der Waals surface area contributed by atoms with Crippen molar-refractivity contribution >= 4 is 29.2 Å². The Morgan fingerprint density at radius 2 is 1.96 bits per heavy atom. The van der Waals surface area contributed by atoms with Gasteiger partial charge in [0.15, 0.2) is 0 Å². The van der Waals surface area contributed by atoms with Gasteiger partial charge < -0.3 is 14.5 Å². The highest BCUT2D eigenvalue weighted by Crippen LogP contribution is 2.28. The van der Waals surface area contributed by atoms with Crippen molar-refractivity contribution in [1.29, 1.82) is 0 Å². The zero-order chi connectivity index (χ0) is 19.4. The molecule has 3 rings (SSSR count). The van der Waals surface area contributed by atoms with Crippen LogP contribution in [0.1, 0.15) is 21.8 Å². The molecule has 1 N–H and O–H groups in total. The largest absolute Gasteiger partial charge is 0.465 e. The van der Waals surface area contributed by atoms with Gasteiger partial charge in [0.2, 0.25) is 11.8 Å². The molecular weight excluding hydrogens is 368 g/mol. The first-order valence-corrected chi connectivity index (χ1v) is 8.55. The van der Waals surface area contributed by atoms with Gasteiger partial charge in [-0.2, -0.15) is 0 Å². The summed E-state index contributed by atoms with van der Waals surface area (Å²) in [6, 6.07) is 13.7. The van der Waals surface area contributed by atoms with Crippen molar-refractivity contribution in [2.24, 2.45) is 0 Å². The summed E-state index contributed by atoms with van der Waals surface area (Å²) >= 11 is 6.17. The number of amides is 1. The Morgan fingerprint density at radius 1 is 1.19 bits per heavy atom. The lowest BCUT2D eigenvalue weighted by Gasteiger charge is -2.06. The van der Waals surface area contributed by atoms with Gasteiger partial charge in [0, 0.05) is 5.69 Å². The molecule has 0 aliphatic carbocycles. The number of anilines is 1. The molecule has 0 aliphatic heterocycles. The maximum atomic E-state index is 12.4. The van der Waals surface area contributed by atoms with E-state index >= 15 is 0 Å². The molecule has 0 aliphatic rings. The number of aromatic nitrogens is 1. The first-order valence-electron chi connectivity index (χ1n) is 8.17. The summed E-state index contributed by atoms with van der Waals surface area (Å²) < 4.78 is 10.3. The number of carbonyl (C=O) groups excluding carboxylic acids is 2. The van der Waals surface area contributed by atoms with E-state index in [-0.39, 0.29) is 12.3 Å². The molecule has 7 heteroatoms. The summed E-state index contributed by atoms with van der Waals surface area (Å²) in [5.41, 5.74) is 2.04. The number of benzene rings is 2. The summed E-state index contributed by atoms with van der Waals surface area (Å²) in [4.78, 5) is 28.3. The third kappa shape index (κ3) is 4.35. The first kappa shape index (κ1) is 18.7. The summed E-state index contributed by atoms with van der Waals surface area (Å²) in [5, 5.41) is 3.27. The second-order valence-electron chi connectivity index (χ2n) is 5.80. The molecule has 3 aromatic rings. The number of carbonyl (C=O) groups is 2. The standard InChI is InChI=1S/C20H17ClN2O4/c1-12-17(23-19(27-12)15-8-3-4-9-16(15)21)11-18(24)22-14-7-5-6-13(10-14)20(25)26-2/h3-10H,11H2,1-2H3,(H,22,24). The molecule has 0 radical (unpaired) electrons. The van der Waals surface area contributed by atoms with Crippen molar-refractivity contribution in [3.05, 3.63) is 70.6 Å². The van der Waals surface area contributed by atoms with E-state index in [1.165, 1.54) is 7.11 Å². The monoisotopic (exact) mass is 384 g/mol. The van der Waals surface area contributed by atoms with Gasteiger partial charge in [-0.05, 0) is 37.3 Å². The Balaban J connectivity index is 1.74. The van der Waals surface area contributed by atoms with Crippen molar-refractivity contribution in [2.45, 2.75) is 13.3 Å². The quantitative estimate of drug-likeness (QED) is 0.664. The molecule has 1 aromatic heterocycles. The molecule has 0 atom stereocenters. The Morgan fingerprint density at radius 3 is 2.70 bits per heavy atom. The van der Waals surface area contributed by atoms with Crippen LogP contribution in [0.15, 0.2) is 52.9 Å². The summed E-state index contributed by atoms with van der Waals surface area (Å²) in [6.45, 7) is 1.74. The fourth-order valence-electron chi connectivity index (χ4n) is 2.54. The Hall–Kier alpha value is -3.12. The molecule has 138 valence electrons. The van der Waals surface area contributed by atoms with Crippen LogP contribution < -0.4 is 5.32 Å². The van der Waals surface area contributed by atoms with Crippen molar-refractivity contribution < 1.29 is 18.7 Å². The van der Waals surface area contributed by atoms with Gasteiger partial charge in [-0.1, -0.05) is 29.8 Å². The first-order chi connectivity index (χ1) is 13.0. The summed E-state index contributed by atoms with van der Waals surface area (Å²) in [7, 11) is 1.30. The minimum Gasteiger partial charge on any atom is -0.465 e. The normalized spacial score (nSPS) is 10.5. The van der Waals surface area contributed by atoms with Crippen LogP contribution in [0.25, 0.3) is 11.5 Å². The maximum Gasteiger partial charge on any atom is 0.337 e. The Labute approximate surface area is 161 Å². The van der Waals surface area contributed by atoms with Crippen molar-refractivity contribution in [2.75, 3.05) is 12.4 Å². The van der Waals surface area contributed by atoms with E-state index < -0.39 is 5.97 Å². The molecule has 0 saturated carbocycles. The predicted octanol–water partition coefficient (Wildman–Crippen LogP) is 4.27. The second-order valence-corrected chi connectivity index (χ2v) is 6.21. The van der Waals surface area contributed by atoms with E-state index in [1.54, 1.807) is 43.3 Å². The number of hydrogen-bond donors (Lipinski definition) is 1. The van der Waals surface area contributed by atoms with Gasteiger partial charge in [-0.25, -0.2) is 9.78 Å². The lowest BCUT2D eigenvalue weighted by atomic mass is 10.2. The molecular formula is C20H17ClN2O4. The zero-order valence-electron chi connectivity index (χ0n) is 14.8. The molecule has 1 heterocycles.